The van der Waals surface area contributed by atoms with E-state index in [1.807, 2.05) is 33.8 Å². The number of phenolic OH excluding ortho intramolecular Hbond substituents is 2. The average molecular weight is 316 g/mol. The van der Waals surface area contributed by atoms with E-state index in [-0.39, 0.29) is 17.4 Å². The van der Waals surface area contributed by atoms with Crippen molar-refractivity contribution >= 4 is 10.8 Å². The summed E-state index contributed by atoms with van der Waals surface area (Å²) in [4.78, 5) is 0. The van der Waals surface area contributed by atoms with Gasteiger partial charge in [-0.05, 0) is 46.2 Å². The molecule has 3 rings (SSSR count). The van der Waals surface area contributed by atoms with Crippen molar-refractivity contribution in [1.82, 2.24) is 0 Å². The van der Waals surface area contributed by atoms with Crippen molar-refractivity contribution in [1.29, 1.82) is 0 Å². The fraction of sp³-hybridized carbons (Fsp3) is 0.474. The molecule has 23 heavy (non-hydrogen) atoms. The third-order valence-corrected chi connectivity index (χ3v) is 4.30. The summed E-state index contributed by atoms with van der Waals surface area (Å²) >= 11 is 0. The van der Waals surface area contributed by atoms with E-state index >= 15 is 0 Å². The molecule has 0 aromatic heterocycles. The normalized spacial score (nSPS) is 17.2. The lowest BCUT2D eigenvalue weighted by molar-refractivity contribution is 0.125. The Labute approximate surface area is 136 Å². The van der Waals surface area contributed by atoms with Gasteiger partial charge < -0.3 is 19.7 Å². The van der Waals surface area contributed by atoms with Crippen LogP contribution in [0.15, 0.2) is 6.07 Å². The fourth-order valence-corrected chi connectivity index (χ4v) is 3.28. The number of aryl methyl sites for hydroxylation is 1. The molecule has 2 aromatic carbocycles. The molecular weight excluding hydrogens is 292 g/mol. The number of fused-ring (bicyclic) bond motifs is 3. The molecule has 124 valence electrons. The van der Waals surface area contributed by atoms with Gasteiger partial charge in [0.25, 0.3) is 0 Å². The molecule has 0 unspecified atom stereocenters. The highest BCUT2D eigenvalue weighted by Crippen LogP contribution is 2.52. The van der Waals surface area contributed by atoms with Gasteiger partial charge >= 0.3 is 0 Å². The van der Waals surface area contributed by atoms with Crippen molar-refractivity contribution in [3.63, 3.8) is 0 Å². The lowest BCUT2D eigenvalue weighted by Crippen LogP contribution is -2.23. The number of hydrogen-bond acceptors (Lipinski definition) is 4. The molecule has 0 spiro atoms. The van der Waals surface area contributed by atoms with Crippen LogP contribution in [-0.2, 0) is 0 Å². The Bertz CT molecular complexity index is 800. The van der Waals surface area contributed by atoms with Gasteiger partial charge in [-0.25, -0.2) is 0 Å². The molecule has 0 fully saturated rings. The number of aromatic hydroxyl groups is 2. The lowest BCUT2D eigenvalue weighted by atomic mass is 9.90. The van der Waals surface area contributed by atoms with Gasteiger partial charge in [0.05, 0.1) is 6.61 Å². The smallest absolute Gasteiger partial charge is 0.168 e. The molecule has 0 bridgehead atoms. The molecule has 0 radical (unpaired) electrons. The van der Waals surface area contributed by atoms with Gasteiger partial charge in [-0.15, -0.1) is 0 Å². The second-order valence-corrected chi connectivity index (χ2v) is 7.43. The first-order valence-electron chi connectivity index (χ1n) is 7.95. The predicted molar refractivity (Wildman–Crippen MR) is 91.0 cm³/mol. The van der Waals surface area contributed by atoms with Gasteiger partial charge in [0, 0.05) is 27.8 Å². The molecule has 4 heteroatoms. The molecule has 2 N–H and O–H groups in total. The Morgan fingerprint density at radius 1 is 1.13 bits per heavy atom. The molecule has 2 aromatic rings. The average Bonchev–Trinajstić information content (AvgIpc) is 2.80. The van der Waals surface area contributed by atoms with Crippen LogP contribution in [0.5, 0.6) is 23.0 Å². The number of benzene rings is 2. The SMILES string of the molecule is Cc1c(OC(C)(C)C)c(O)c2c(C)cc3c(c2c1O)[C@H](C)CO3. The minimum absolute atomic E-state index is 0.0876. The predicted octanol–water partition coefficient (Wildman–Crippen LogP) is 4.54. The Morgan fingerprint density at radius 3 is 2.39 bits per heavy atom. The van der Waals surface area contributed by atoms with Crippen LogP contribution in [0.3, 0.4) is 0 Å². The number of phenols is 2. The monoisotopic (exact) mass is 316 g/mol. The van der Waals surface area contributed by atoms with Crippen molar-refractivity contribution in [2.24, 2.45) is 0 Å². The van der Waals surface area contributed by atoms with Crippen LogP contribution in [0.25, 0.3) is 10.8 Å². The molecule has 4 nitrogen and oxygen atoms in total. The minimum atomic E-state index is -0.469. The van der Waals surface area contributed by atoms with Crippen molar-refractivity contribution in [2.75, 3.05) is 6.61 Å². The van der Waals surface area contributed by atoms with E-state index in [9.17, 15) is 10.2 Å². The van der Waals surface area contributed by atoms with E-state index < -0.39 is 5.60 Å². The summed E-state index contributed by atoms with van der Waals surface area (Å²) in [6, 6.07) is 1.93. The maximum absolute atomic E-state index is 10.8. The van der Waals surface area contributed by atoms with E-state index in [2.05, 4.69) is 6.92 Å². The van der Waals surface area contributed by atoms with E-state index in [0.29, 0.717) is 28.7 Å². The minimum Gasteiger partial charge on any atom is -0.507 e. The van der Waals surface area contributed by atoms with E-state index in [1.54, 1.807) is 6.92 Å². The molecule has 1 aliphatic rings. The van der Waals surface area contributed by atoms with E-state index in [1.165, 1.54) is 0 Å². The number of hydrogen-bond donors (Lipinski definition) is 2. The Balaban J connectivity index is 2.42. The number of ether oxygens (including phenoxy) is 2. The van der Waals surface area contributed by atoms with Crippen LogP contribution >= 0.6 is 0 Å². The van der Waals surface area contributed by atoms with Crippen LogP contribution in [0.4, 0.5) is 0 Å². The summed E-state index contributed by atoms with van der Waals surface area (Å²) in [5.41, 5.74) is 1.91. The summed E-state index contributed by atoms with van der Waals surface area (Å²) in [7, 11) is 0. The Morgan fingerprint density at radius 2 is 1.78 bits per heavy atom. The highest BCUT2D eigenvalue weighted by atomic mass is 16.5. The summed E-state index contributed by atoms with van der Waals surface area (Å²) in [6.07, 6.45) is 0. The summed E-state index contributed by atoms with van der Waals surface area (Å²) < 4.78 is 11.6. The third-order valence-electron chi connectivity index (χ3n) is 4.30. The highest BCUT2D eigenvalue weighted by Gasteiger charge is 2.30. The third kappa shape index (κ3) is 2.37. The first-order valence-corrected chi connectivity index (χ1v) is 7.95. The molecule has 1 heterocycles. The fourth-order valence-electron chi connectivity index (χ4n) is 3.28. The lowest BCUT2D eigenvalue weighted by Gasteiger charge is -2.25. The summed E-state index contributed by atoms with van der Waals surface area (Å²) in [6.45, 7) is 12.1. The van der Waals surface area contributed by atoms with Gasteiger partial charge in [-0.3, -0.25) is 0 Å². The van der Waals surface area contributed by atoms with Gasteiger partial charge in [0.2, 0.25) is 0 Å². The maximum Gasteiger partial charge on any atom is 0.168 e. The van der Waals surface area contributed by atoms with Gasteiger partial charge in [0.15, 0.2) is 11.5 Å². The van der Waals surface area contributed by atoms with Gasteiger partial charge in [0.1, 0.15) is 17.1 Å². The molecule has 1 aliphatic heterocycles. The van der Waals surface area contributed by atoms with Crippen LogP contribution in [-0.4, -0.2) is 22.4 Å². The zero-order valence-electron chi connectivity index (χ0n) is 14.6. The van der Waals surface area contributed by atoms with Crippen LogP contribution in [0, 0.1) is 13.8 Å². The molecule has 1 atom stereocenters. The van der Waals surface area contributed by atoms with Crippen molar-refractivity contribution < 1.29 is 19.7 Å². The summed E-state index contributed by atoms with van der Waals surface area (Å²) in [5.74, 6) is 1.56. The Hall–Kier alpha value is -2.10. The van der Waals surface area contributed by atoms with Gasteiger partial charge in [-0.1, -0.05) is 6.92 Å². The van der Waals surface area contributed by atoms with E-state index in [4.69, 9.17) is 9.47 Å². The van der Waals surface area contributed by atoms with Crippen molar-refractivity contribution in [2.45, 2.75) is 53.1 Å². The van der Waals surface area contributed by atoms with Crippen molar-refractivity contribution in [3.05, 3.63) is 22.8 Å². The summed E-state index contributed by atoms with van der Waals surface area (Å²) in [5, 5.41) is 23.0. The van der Waals surface area contributed by atoms with Crippen molar-refractivity contribution in [3.8, 4) is 23.0 Å². The highest BCUT2D eigenvalue weighted by molar-refractivity contribution is 6.02. The maximum atomic E-state index is 10.8. The van der Waals surface area contributed by atoms with Crippen LogP contribution in [0.1, 0.15) is 50.3 Å². The Kier molecular flexibility index (Phi) is 3.40. The zero-order chi connectivity index (χ0) is 17.1. The van der Waals surface area contributed by atoms with Crippen LogP contribution in [0.2, 0.25) is 0 Å². The first kappa shape index (κ1) is 15.8. The second-order valence-electron chi connectivity index (χ2n) is 7.43. The van der Waals surface area contributed by atoms with Crippen LogP contribution < -0.4 is 9.47 Å². The molecule has 0 saturated heterocycles. The molecular formula is C19H24O4. The largest absolute Gasteiger partial charge is 0.507 e. The quantitative estimate of drug-likeness (QED) is 0.758. The van der Waals surface area contributed by atoms with E-state index in [0.717, 1.165) is 16.9 Å². The topological polar surface area (TPSA) is 58.9 Å². The standard InChI is InChI=1S/C19H24O4/c1-9-7-12-13(10(2)8-22-12)15-14(9)17(21)18(11(3)16(15)20)23-19(4,5)6/h7,10,20-21H,8H2,1-6H3/t10-/m1/s1. The second kappa shape index (κ2) is 4.95. The molecule has 0 saturated carbocycles. The molecule has 0 amide bonds. The first-order chi connectivity index (χ1) is 10.6. The molecule has 0 aliphatic carbocycles. The number of rotatable bonds is 1. The van der Waals surface area contributed by atoms with Gasteiger partial charge in [-0.2, -0.15) is 0 Å². The zero-order valence-corrected chi connectivity index (χ0v) is 14.6.